The molecule has 0 aliphatic rings. The van der Waals surface area contributed by atoms with E-state index in [4.69, 9.17) is 16.3 Å². The van der Waals surface area contributed by atoms with Crippen LogP contribution in [0.3, 0.4) is 0 Å². The first-order valence-electron chi connectivity index (χ1n) is 10.4. The van der Waals surface area contributed by atoms with Gasteiger partial charge in [0.1, 0.15) is 11.8 Å². The van der Waals surface area contributed by atoms with Gasteiger partial charge < -0.3 is 15.0 Å². The van der Waals surface area contributed by atoms with E-state index in [1.54, 1.807) is 23.1 Å². The van der Waals surface area contributed by atoms with E-state index < -0.39 is 6.04 Å². The number of rotatable bonds is 10. The van der Waals surface area contributed by atoms with Crippen LogP contribution in [0.4, 0.5) is 0 Å². The van der Waals surface area contributed by atoms with Gasteiger partial charge in [-0.05, 0) is 56.0 Å². The molecule has 0 spiro atoms. The summed E-state index contributed by atoms with van der Waals surface area (Å²) in [5.41, 5.74) is 2.99. The van der Waals surface area contributed by atoms with E-state index in [0.29, 0.717) is 30.3 Å². The summed E-state index contributed by atoms with van der Waals surface area (Å²) in [6.07, 6.45) is 1.36. The molecule has 2 aromatic carbocycles. The highest BCUT2D eigenvalue weighted by molar-refractivity contribution is 6.31. The highest BCUT2D eigenvalue weighted by atomic mass is 35.5. The van der Waals surface area contributed by atoms with Crippen LogP contribution in [-0.2, 0) is 16.1 Å². The molecule has 0 heterocycles. The number of nitrogens with zero attached hydrogens (tertiary/aromatic N) is 1. The Morgan fingerprint density at radius 1 is 1.10 bits per heavy atom. The van der Waals surface area contributed by atoms with Gasteiger partial charge in [-0.1, -0.05) is 55.3 Å². The number of ether oxygens (including phenoxy) is 1. The van der Waals surface area contributed by atoms with E-state index in [1.807, 2.05) is 52.0 Å². The van der Waals surface area contributed by atoms with Crippen LogP contribution in [-0.4, -0.2) is 35.9 Å². The summed E-state index contributed by atoms with van der Waals surface area (Å²) >= 11 is 6.06. The van der Waals surface area contributed by atoms with Gasteiger partial charge in [0, 0.05) is 18.1 Å². The summed E-state index contributed by atoms with van der Waals surface area (Å²) in [7, 11) is 0. The molecule has 30 heavy (non-hydrogen) atoms. The Hall–Kier alpha value is -2.53. The summed E-state index contributed by atoms with van der Waals surface area (Å²) < 4.78 is 5.72. The van der Waals surface area contributed by atoms with Crippen LogP contribution in [0.25, 0.3) is 0 Å². The van der Waals surface area contributed by atoms with E-state index >= 15 is 0 Å². The lowest BCUT2D eigenvalue weighted by Gasteiger charge is -2.30. The average molecular weight is 431 g/mol. The van der Waals surface area contributed by atoms with Gasteiger partial charge in [0.25, 0.3) is 5.91 Å². The Labute approximate surface area is 184 Å². The Morgan fingerprint density at radius 2 is 1.80 bits per heavy atom. The number of amides is 2. The van der Waals surface area contributed by atoms with Crippen molar-refractivity contribution in [2.75, 3.05) is 13.2 Å². The number of nitrogens with one attached hydrogen (secondary N) is 1. The zero-order valence-electron chi connectivity index (χ0n) is 18.2. The van der Waals surface area contributed by atoms with Crippen molar-refractivity contribution in [1.29, 1.82) is 0 Å². The van der Waals surface area contributed by atoms with Gasteiger partial charge in [-0.2, -0.15) is 0 Å². The van der Waals surface area contributed by atoms with Gasteiger partial charge in [-0.25, -0.2) is 0 Å². The molecule has 0 bridgehead atoms. The summed E-state index contributed by atoms with van der Waals surface area (Å²) in [6, 6.07) is 12.7. The maximum atomic E-state index is 13.1. The second kappa shape index (κ2) is 11.6. The number of benzene rings is 2. The van der Waals surface area contributed by atoms with E-state index in [1.165, 1.54) is 0 Å². The number of hydrogen-bond donors (Lipinski definition) is 1. The fourth-order valence-electron chi connectivity index (χ4n) is 3.11. The van der Waals surface area contributed by atoms with E-state index in [0.717, 1.165) is 23.1 Å². The second-order valence-electron chi connectivity index (χ2n) is 7.42. The van der Waals surface area contributed by atoms with Gasteiger partial charge >= 0.3 is 0 Å². The van der Waals surface area contributed by atoms with Gasteiger partial charge in [-0.3, -0.25) is 9.59 Å². The molecule has 0 radical (unpaired) electrons. The minimum Gasteiger partial charge on any atom is -0.484 e. The van der Waals surface area contributed by atoms with Crippen LogP contribution in [0.2, 0.25) is 5.02 Å². The minimum atomic E-state index is -0.555. The quantitative estimate of drug-likeness (QED) is 0.595. The zero-order valence-corrected chi connectivity index (χ0v) is 19.0. The predicted molar refractivity (Wildman–Crippen MR) is 121 cm³/mol. The first-order valence-corrected chi connectivity index (χ1v) is 10.7. The molecule has 0 aliphatic carbocycles. The van der Waals surface area contributed by atoms with Gasteiger partial charge in [-0.15, -0.1) is 0 Å². The zero-order chi connectivity index (χ0) is 22.1. The predicted octanol–water partition coefficient (Wildman–Crippen LogP) is 4.67. The van der Waals surface area contributed by atoms with Crippen LogP contribution in [0, 0.1) is 13.8 Å². The molecular formula is C24H31ClN2O3. The average Bonchev–Trinajstić information content (AvgIpc) is 2.74. The lowest BCUT2D eigenvalue weighted by molar-refractivity contribution is -0.143. The normalized spacial score (nSPS) is 11.6. The largest absolute Gasteiger partial charge is 0.484 e. The van der Waals surface area contributed by atoms with Crippen molar-refractivity contribution in [3.05, 3.63) is 64.2 Å². The third-order valence-corrected chi connectivity index (χ3v) is 5.32. The molecule has 6 heteroatoms. The van der Waals surface area contributed by atoms with Gasteiger partial charge in [0.15, 0.2) is 6.61 Å². The highest BCUT2D eigenvalue weighted by Crippen LogP contribution is 2.21. The molecule has 1 atom stereocenters. The summed E-state index contributed by atoms with van der Waals surface area (Å²) in [5.74, 6) is 0.202. The van der Waals surface area contributed by atoms with Crippen LogP contribution < -0.4 is 10.1 Å². The lowest BCUT2D eigenvalue weighted by atomic mass is 10.1. The molecule has 2 rings (SSSR count). The molecule has 0 aliphatic heterocycles. The topological polar surface area (TPSA) is 58.6 Å². The third-order valence-electron chi connectivity index (χ3n) is 4.90. The maximum absolute atomic E-state index is 13.1. The molecule has 5 nitrogen and oxygen atoms in total. The molecule has 1 N–H and O–H groups in total. The fraction of sp³-hybridized carbons (Fsp3) is 0.417. The van der Waals surface area contributed by atoms with Crippen molar-refractivity contribution in [2.45, 2.75) is 53.1 Å². The Balaban J connectivity index is 2.18. The summed E-state index contributed by atoms with van der Waals surface area (Å²) in [5, 5.41) is 3.56. The van der Waals surface area contributed by atoms with Crippen molar-refractivity contribution >= 4 is 23.4 Å². The van der Waals surface area contributed by atoms with E-state index in [9.17, 15) is 9.59 Å². The summed E-state index contributed by atoms with van der Waals surface area (Å²) in [6.45, 7) is 8.59. The number of carbonyl (C=O) groups is 2. The van der Waals surface area contributed by atoms with Crippen molar-refractivity contribution in [3.8, 4) is 5.75 Å². The molecular weight excluding hydrogens is 400 g/mol. The molecule has 2 amide bonds. The maximum Gasteiger partial charge on any atom is 0.261 e. The molecule has 2 aromatic rings. The molecule has 162 valence electrons. The lowest BCUT2D eigenvalue weighted by Crippen LogP contribution is -2.50. The summed E-state index contributed by atoms with van der Waals surface area (Å²) in [4.78, 5) is 27.4. The molecule has 0 aromatic heterocycles. The van der Waals surface area contributed by atoms with E-state index in [2.05, 4.69) is 5.32 Å². The first-order chi connectivity index (χ1) is 14.3. The number of halogens is 1. The van der Waals surface area contributed by atoms with E-state index in [-0.39, 0.29) is 18.4 Å². The minimum absolute atomic E-state index is 0.137. The molecule has 0 saturated heterocycles. The van der Waals surface area contributed by atoms with Crippen molar-refractivity contribution in [3.63, 3.8) is 0 Å². The standard InChI is InChI=1S/C24H31ClN2O3/c1-5-13-26-24(29)22(6-2)27(15-19-9-7-17(3)8-10-19)23(28)16-30-20-11-12-21(25)18(4)14-20/h7-12,14,22H,5-6,13,15-16H2,1-4H3,(H,26,29)/t22-/m0/s1. The van der Waals surface area contributed by atoms with Crippen molar-refractivity contribution < 1.29 is 14.3 Å². The molecule has 0 saturated carbocycles. The van der Waals surface area contributed by atoms with Crippen LogP contribution in [0.1, 0.15) is 43.4 Å². The Morgan fingerprint density at radius 3 is 2.40 bits per heavy atom. The molecule has 0 unspecified atom stereocenters. The van der Waals surface area contributed by atoms with Crippen molar-refractivity contribution in [2.24, 2.45) is 0 Å². The van der Waals surface area contributed by atoms with Crippen molar-refractivity contribution in [1.82, 2.24) is 10.2 Å². The van der Waals surface area contributed by atoms with Gasteiger partial charge in [0.2, 0.25) is 5.91 Å². The monoisotopic (exact) mass is 430 g/mol. The number of hydrogen-bond acceptors (Lipinski definition) is 3. The number of aryl methyl sites for hydroxylation is 2. The number of carbonyl (C=O) groups excluding carboxylic acids is 2. The Bertz CT molecular complexity index is 852. The fourth-order valence-corrected chi connectivity index (χ4v) is 3.23. The molecule has 0 fully saturated rings. The van der Waals surface area contributed by atoms with Crippen LogP contribution in [0.5, 0.6) is 5.75 Å². The van der Waals surface area contributed by atoms with Gasteiger partial charge in [0.05, 0.1) is 0 Å². The highest BCUT2D eigenvalue weighted by Gasteiger charge is 2.28. The smallest absolute Gasteiger partial charge is 0.261 e. The SMILES string of the molecule is CCCNC(=O)[C@H](CC)N(Cc1ccc(C)cc1)C(=O)COc1ccc(Cl)c(C)c1. The Kier molecular flexibility index (Phi) is 9.18. The van der Waals surface area contributed by atoms with Crippen LogP contribution in [0.15, 0.2) is 42.5 Å². The third kappa shape index (κ3) is 6.77. The second-order valence-corrected chi connectivity index (χ2v) is 7.83. The van der Waals surface area contributed by atoms with Crippen LogP contribution >= 0.6 is 11.6 Å². The first kappa shape index (κ1) is 23.7.